The molecule has 0 fully saturated rings. The maximum atomic E-state index is 12.9. The molecule has 148 heavy (non-hydrogen) atoms. The van der Waals surface area contributed by atoms with Crippen molar-refractivity contribution in [2.75, 3.05) is 103 Å². The monoisotopic (exact) mass is 2040 g/mol. The van der Waals surface area contributed by atoms with Crippen LogP contribution in [0.5, 0.6) is 0 Å². The number of amides is 12. The number of non-ortho nitro benzene ring substituents is 2. The Morgan fingerprint density at radius 3 is 0.851 bits per heavy atom. The summed E-state index contributed by atoms with van der Waals surface area (Å²) in [4.78, 5) is 92.9. The molecule has 18 rings (SSSR count). The van der Waals surface area contributed by atoms with Gasteiger partial charge in [-0.05, 0) is 248 Å². The van der Waals surface area contributed by atoms with Crippen LogP contribution in [0.25, 0.3) is 34.2 Å². The minimum absolute atomic E-state index is 0.00412. The number of nitriles is 1. The zero-order chi connectivity index (χ0) is 105. The number of hydrogen-bond acceptors (Lipinski definition) is 17. The number of hydrogen-bond donors (Lipinski definition) is 18. The summed E-state index contributed by atoms with van der Waals surface area (Å²) in [6.07, 6.45) is 4.90. The van der Waals surface area contributed by atoms with Gasteiger partial charge in [-0.15, -0.1) is 0 Å². The van der Waals surface area contributed by atoms with Gasteiger partial charge >= 0.3 is 54.7 Å². The predicted octanol–water partition coefficient (Wildman–Crippen LogP) is 25.7. The van der Waals surface area contributed by atoms with Gasteiger partial charge < -0.3 is 95.7 Å². The smallest absolute Gasteiger partial charge is 0.385 e. The standard InChI is InChI=1S/C19H18F3N3O.C18H15ClF3N3O.C18H16F3N3O.C18H16N4O.2C17H16N4O3/c1-12-8-14(19(20,21)22)11-16(9-12)25-18(26)24-15-5-2-4-13(10-15)17-6-3-7-23-17;19-15-7-6-13(10-14(15)18(20,21)22)25-17(26)24-12-4-1-3-11(9-12)16-5-2-8-23-16;19-18(20,21)13-5-2-7-15(11-13)24-17(25)23-14-6-1-4-12(10-14)16-8-3-9-22-16;19-12-13-4-1-6-15(10-13)21-18(23)22-16-7-2-5-14(11-16)17-8-3-9-20-17;22-17(20-14-6-2-7-15(11-14)21(23)24)19-13-5-1-4-12(10-13)16-8-3-9-18-16;22-17(19-13-6-8-15(9-7-13)21(23)24)20-14-4-1-3-12(11-14)16-5-2-10-18-16/h2,4-6,8-11,23H,3,7H2,1H3,(H2,24,25,26);1,3-7,9-10,23H,2,8H2,(H2,24,25,26);1-2,4-8,10-11,22H,3,9H2,(H2,23,24,25);1-2,4-8,10-11,20H,3,9H2,(H2,21,22,23);1-2,4-8,10-11,18H,3,9H2,(H2,19,20,22);1,3-9,11,18H,2,10H2,(H2,19,20,22). The van der Waals surface area contributed by atoms with Crippen LogP contribution in [-0.4, -0.2) is 85.3 Å². The molecular weight excluding hydrogens is 1950 g/mol. The summed E-state index contributed by atoms with van der Waals surface area (Å²) < 4.78 is 115. The molecule has 0 atom stereocenters. The van der Waals surface area contributed by atoms with Crippen LogP contribution in [0.15, 0.2) is 316 Å². The first-order valence-corrected chi connectivity index (χ1v) is 46.4. The van der Waals surface area contributed by atoms with Gasteiger partial charge in [-0.2, -0.15) is 44.8 Å². The highest BCUT2D eigenvalue weighted by Crippen LogP contribution is 2.39. The maximum Gasteiger partial charge on any atom is 0.417 e. The van der Waals surface area contributed by atoms with Crippen molar-refractivity contribution in [3.05, 3.63) is 402 Å². The minimum atomic E-state index is -4.60. The molecule has 0 radical (unpaired) electrons. The number of benzene rings is 12. The second-order valence-electron chi connectivity index (χ2n) is 33.1. The normalized spacial score (nSPS) is 13.3. The van der Waals surface area contributed by atoms with Gasteiger partial charge in [0, 0.05) is 166 Å². The van der Waals surface area contributed by atoms with Crippen LogP contribution in [0, 0.1) is 38.5 Å². The van der Waals surface area contributed by atoms with Gasteiger partial charge in [0.15, 0.2) is 0 Å². The molecule has 0 spiro atoms. The predicted molar refractivity (Wildman–Crippen MR) is 560 cm³/mol. The van der Waals surface area contributed by atoms with Gasteiger partial charge in [-0.25, -0.2) is 28.8 Å². The van der Waals surface area contributed by atoms with E-state index in [0.29, 0.717) is 62.3 Å². The fourth-order valence-electron chi connectivity index (χ4n) is 15.3. The highest BCUT2D eigenvalue weighted by Gasteiger charge is 2.35. The van der Waals surface area contributed by atoms with E-state index in [1.54, 1.807) is 104 Å². The molecule has 760 valence electrons. The first-order valence-electron chi connectivity index (χ1n) is 46.0. The molecule has 12 aromatic carbocycles. The number of nitro groups is 2. The maximum absolute atomic E-state index is 12.9. The van der Waals surface area contributed by atoms with Gasteiger partial charge in [-0.1, -0.05) is 139 Å². The molecule has 6 aliphatic heterocycles. The molecule has 12 aromatic rings. The number of nitrogens with zero attached hydrogens (tertiary/aromatic N) is 3. The molecule has 0 unspecified atom stereocenters. The van der Waals surface area contributed by atoms with Crippen molar-refractivity contribution in [3.8, 4) is 6.07 Å². The van der Waals surface area contributed by atoms with E-state index in [2.05, 4.69) is 132 Å². The number of carbonyl (C=O) groups excluding carboxylic acids is 6. The Labute approximate surface area is 847 Å². The Balaban J connectivity index is 0.000000148. The zero-order valence-corrected chi connectivity index (χ0v) is 79.5. The molecule has 6 heterocycles. The molecule has 0 bridgehead atoms. The Morgan fingerprint density at radius 1 is 0.291 bits per heavy atom. The molecule has 0 aliphatic carbocycles. The summed E-state index contributed by atoms with van der Waals surface area (Å²) in [6.45, 7) is 6.96. The topological polar surface area (TPSA) is 429 Å². The summed E-state index contributed by atoms with van der Waals surface area (Å²) in [5.74, 6) is 0. The third-order valence-corrected chi connectivity index (χ3v) is 22.3. The molecule has 0 saturated carbocycles. The number of anilines is 12. The van der Waals surface area contributed by atoms with Gasteiger partial charge in [0.1, 0.15) is 0 Å². The number of rotatable bonds is 20. The Hall–Kier alpha value is -18.6. The second-order valence-corrected chi connectivity index (χ2v) is 33.5. The molecule has 41 heteroatoms. The fourth-order valence-corrected chi connectivity index (χ4v) is 15.5. The number of aryl methyl sites for hydroxylation is 1. The first kappa shape index (κ1) is 107. The van der Waals surface area contributed by atoms with Crippen LogP contribution in [0.1, 0.15) is 99.7 Å². The van der Waals surface area contributed by atoms with E-state index in [1.165, 1.54) is 66.7 Å². The van der Waals surface area contributed by atoms with Gasteiger partial charge in [0.25, 0.3) is 11.4 Å². The van der Waals surface area contributed by atoms with Crippen molar-refractivity contribution < 1.29 is 78.1 Å². The number of carbonyl (C=O) groups is 6. The number of halogens is 10. The second kappa shape index (κ2) is 50.9. The Kier molecular flexibility index (Phi) is 36.7. The van der Waals surface area contributed by atoms with E-state index in [0.717, 1.165) is 182 Å². The molecule has 0 aromatic heterocycles. The molecule has 31 nitrogen and oxygen atoms in total. The number of urea groups is 6. The fraction of sp³-hybridized carbons (Fsp3) is 0.150. The summed E-state index contributed by atoms with van der Waals surface area (Å²) in [6, 6.07) is 72.7. The first-order chi connectivity index (χ1) is 71.0. The van der Waals surface area contributed by atoms with Crippen molar-refractivity contribution in [1.29, 1.82) is 5.26 Å². The Morgan fingerprint density at radius 2 is 0.554 bits per heavy atom. The number of nitro benzene ring substituents is 2. The van der Waals surface area contributed by atoms with Crippen molar-refractivity contribution in [2.45, 2.75) is 64.0 Å². The lowest BCUT2D eigenvalue weighted by Gasteiger charge is -2.13. The van der Waals surface area contributed by atoms with Crippen LogP contribution in [0.2, 0.25) is 5.02 Å². The summed E-state index contributed by atoms with van der Waals surface area (Å²) >= 11 is 5.57. The number of nitrogens with one attached hydrogen (secondary N) is 18. The van der Waals surface area contributed by atoms with Crippen molar-refractivity contribution in [2.24, 2.45) is 0 Å². The molecule has 6 aliphatic rings. The van der Waals surface area contributed by atoms with Crippen LogP contribution >= 0.6 is 11.6 Å². The largest absolute Gasteiger partial charge is 0.417 e. The summed E-state index contributed by atoms with van der Waals surface area (Å²) in [7, 11) is 0. The SMILES string of the molecule is Cc1cc(NC(=O)Nc2cccc(C3=CCCN3)c2)cc(C(F)(F)F)c1.N#Cc1cccc(NC(=O)Nc2cccc(C3=CCCN3)c2)c1.O=C(Nc1ccc([N+](=O)[O-])cc1)Nc1cccc(C2=CCCN2)c1.O=C(Nc1cccc(C2=CCCN2)c1)Nc1ccc(Cl)c(C(F)(F)F)c1.O=C(Nc1cccc(C2=CCCN2)c1)Nc1cccc(C(F)(F)F)c1.O=C(Nc1cccc(C2=CCCN2)c1)Nc1cccc([N+](=O)[O-])c1. The summed E-state index contributed by atoms with van der Waals surface area (Å²) in [5.41, 5.74) is 15.5. The molecule has 0 saturated heterocycles. The van der Waals surface area contributed by atoms with E-state index in [9.17, 15) is 88.5 Å². The Bertz CT molecular complexity index is 7130. The van der Waals surface area contributed by atoms with E-state index >= 15 is 0 Å². The highest BCUT2D eigenvalue weighted by atomic mass is 35.5. The van der Waals surface area contributed by atoms with Gasteiger partial charge in [-0.3, -0.25) is 20.2 Å². The number of alkyl halides is 9. The van der Waals surface area contributed by atoms with Crippen LogP contribution in [-0.2, 0) is 18.5 Å². The lowest BCUT2D eigenvalue weighted by atomic mass is 10.1. The van der Waals surface area contributed by atoms with Gasteiger partial charge in [0.2, 0.25) is 0 Å². The van der Waals surface area contributed by atoms with Crippen LogP contribution in [0.4, 0.5) is 148 Å². The minimum Gasteiger partial charge on any atom is -0.385 e. The molecular formula is C107H97ClF9N21O10. The summed E-state index contributed by atoms with van der Waals surface area (Å²) in [5, 5.41) is 80.8. The van der Waals surface area contributed by atoms with E-state index in [4.69, 9.17) is 16.9 Å². The van der Waals surface area contributed by atoms with Crippen molar-refractivity contribution in [1.82, 2.24) is 31.9 Å². The van der Waals surface area contributed by atoms with Gasteiger partial charge in [0.05, 0.1) is 43.2 Å². The van der Waals surface area contributed by atoms with E-state index < -0.39 is 80.2 Å². The van der Waals surface area contributed by atoms with E-state index in [1.807, 2.05) is 84.9 Å². The zero-order valence-electron chi connectivity index (χ0n) is 78.7. The third kappa shape index (κ3) is 33.0. The average Bonchev–Trinajstić information content (AvgIpc) is 0.993. The lowest BCUT2D eigenvalue weighted by Crippen LogP contribution is -2.20. The average molecular weight is 2040 g/mol. The quantitative estimate of drug-likeness (QED) is 0.0191. The molecule has 12 amide bonds. The van der Waals surface area contributed by atoms with Crippen LogP contribution in [0.3, 0.4) is 0 Å². The van der Waals surface area contributed by atoms with Crippen molar-refractivity contribution in [3.63, 3.8) is 0 Å². The third-order valence-electron chi connectivity index (χ3n) is 22.0. The van der Waals surface area contributed by atoms with Crippen molar-refractivity contribution >= 4 is 162 Å². The van der Waals surface area contributed by atoms with Crippen LogP contribution < -0.4 is 95.7 Å². The lowest BCUT2D eigenvalue weighted by molar-refractivity contribution is -0.385. The highest BCUT2D eigenvalue weighted by molar-refractivity contribution is 6.31. The molecule has 18 N–H and O–H groups in total. The van der Waals surface area contributed by atoms with E-state index in [-0.39, 0.29) is 34.5 Å².